The fourth-order valence-corrected chi connectivity index (χ4v) is 4.86. The summed E-state index contributed by atoms with van der Waals surface area (Å²) in [6.45, 7) is 1.63. The molecule has 0 unspecified atom stereocenters. The van der Waals surface area contributed by atoms with Crippen LogP contribution < -0.4 is 5.32 Å². The Balaban J connectivity index is 1.87. The number of carbonyl (C=O) groups is 2. The number of hydrogen-bond acceptors (Lipinski definition) is 7. The first-order chi connectivity index (χ1) is 13.2. The molecule has 0 radical (unpaired) electrons. The SMILES string of the molecule is CCSc1nnc(SCC(=O)N(C)CC(=O)Nc2ccccc2C(F)(F)F)s1. The van der Waals surface area contributed by atoms with Crippen molar-refractivity contribution in [3.8, 4) is 0 Å². The number of para-hydroxylation sites is 1. The van der Waals surface area contributed by atoms with Crippen molar-refractivity contribution in [2.75, 3.05) is 30.4 Å². The van der Waals surface area contributed by atoms with Crippen molar-refractivity contribution < 1.29 is 22.8 Å². The predicted molar refractivity (Wildman–Crippen MR) is 105 cm³/mol. The van der Waals surface area contributed by atoms with Crippen LogP contribution in [0.3, 0.4) is 0 Å². The van der Waals surface area contributed by atoms with E-state index in [4.69, 9.17) is 0 Å². The van der Waals surface area contributed by atoms with Crippen LogP contribution in [0.5, 0.6) is 0 Å². The van der Waals surface area contributed by atoms with Crippen molar-refractivity contribution in [3.63, 3.8) is 0 Å². The Bertz CT molecular complexity index is 829. The molecule has 0 spiro atoms. The van der Waals surface area contributed by atoms with Gasteiger partial charge in [-0.15, -0.1) is 10.2 Å². The highest BCUT2D eigenvalue weighted by molar-refractivity contribution is 8.03. The summed E-state index contributed by atoms with van der Waals surface area (Å²) >= 11 is 4.13. The number of anilines is 1. The Morgan fingerprint density at radius 1 is 1.18 bits per heavy atom. The maximum atomic E-state index is 13.0. The van der Waals surface area contributed by atoms with Crippen LogP contribution in [0.25, 0.3) is 0 Å². The molecule has 0 bridgehead atoms. The average Bonchev–Trinajstić information content (AvgIpc) is 3.07. The van der Waals surface area contributed by atoms with Crippen LogP contribution in [0.2, 0.25) is 0 Å². The van der Waals surface area contributed by atoms with Gasteiger partial charge in [0.05, 0.1) is 23.5 Å². The number of alkyl halides is 3. The van der Waals surface area contributed by atoms with Crippen LogP contribution in [0.15, 0.2) is 32.9 Å². The lowest BCUT2D eigenvalue weighted by atomic mass is 10.1. The molecule has 0 fully saturated rings. The van der Waals surface area contributed by atoms with E-state index in [-0.39, 0.29) is 23.9 Å². The van der Waals surface area contributed by atoms with Crippen molar-refractivity contribution in [2.24, 2.45) is 0 Å². The summed E-state index contributed by atoms with van der Waals surface area (Å²) in [5.74, 6) is -0.138. The normalized spacial score (nSPS) is 11.3. The number of aromatic nitrogens is 2. The molecule has 2 aromatic rings. The lowest BCUT2D eigenvalue weighted by Crippen LogP contribution is -2.36. The minimum absolute atomic E-state index is 0.0499. The van der Waals surface area contributed by atoms with Crippen LogP contribution >= 0.6 is 34.9 Å². The molecule has 1 N–H and O–H groups in total. The summed E-state index contributed by atoms with van der Waals surface area (Å²) in [6.07, 6.45) is -4.58. The van der Waals surface area contributed by atoms with Gasteiger partial charge in [0, 0.05) is 7.05 Å². The average molecular weight is 451 g/mol. The van der Waals surface area contributed by atoms with Crippen molar-refractivity contribution in [1.29, 1.82) is 0 Å². The van der Waals surface area contributed by atoms with Crippen LogP contribution in [-0.4, -0.2) is 52.0 Å². The lowest BCUT2D eigenvalue weighted by Gasteiger charge is -2.18. The van der Waals surface area contributed by atoms with Gasteiger partial charge in [0.1, 0.15) is 0 Å². The summed E-state index contributed by atoms with van der Waals surface area (Å²) in [5.41, 5.74) is -1.28. The highest BCUT2D eigenvalue weighted by atomic mass is 32.2. The van der Waals surface area contributed by atoms with Gasteiger partial charge in [0.25, 0.3) is 0 Å². The number of rotatable bonds is 8. The fraction of sp³-hybridized carbons (Fsp3) is 0.375. The van der Waals surface area contributed by atoms with Gasteiger partial charge in [-0.25, -0.2) is 0 Å². The summed E-state index contributed by atoms with van der Waals surface area (Å²) < 4.78 is 40.4. The number of halogens is 3. The van der Waals surface area contributed by atoms with E-state index >= 15 is 0 Å². The molecule has 0 atom stereocenters. The number of nitrogens with zero attached hydrogens (tertiary/aromatic N) is 3. The highest BCUT2D eigenvalue weighted by Gasteiger charge is 2.33. The van der Waals surface area contributed by atoms with E-state index in [0.29, 0.717) is 4.34 Å². The topological polar surface area (TPSA) is 75.2 Å². The monoisotopic (exact) mass is 450 g/mol. The number of carbonyl (C=O) groups excluding carboxylic acids is 2. The van der Waals surface area contributed by atoms with E-state index in [0.717, 1.165) is 21.1 Å². The first kappa shape index (κ1) is 22.5. The van der Waals surface area contributed by atoms with Gasteiger partial charge in [-0.1, -0.05) is 53.9 Å². The molecule has 0 aliphatic rings. The standard InChI is InChI=1S/C16H17F3N4O2S3/c1-3-26-14-21-22-15(28-14)27-9-13(25)23(2)8-12(24)20-11-7-5-4-6-10(11)16(17,18)19/h4-7H,3,8-9H2,1-2H3,(H,20,24). The van der Waals surface area contributed by atoms with Gasteiger partial charge in [-0.3, -0.25) is 9.59 Å². The third-order valence-electron chi connectivity index (χ3n) is 3.29. The second-order valence-corrected chi connectivity index (χ2v) is 9.11. The third kappa shape index (κ3) is 6.67. The summed E-state index contributed by atoms with van der Waals surface area (Å²) in [4.78, 5) is 25.4. The quantitative estimate of drug-likeness (QED) is 0.616. The van der Waals surface area contributed by atoms with Gasteiger partial charge in [0.15, 0.2) is 8.68 Å². The van der Waals surface area contributed by atoms with Crippen LogP contribution in [0.4, 0.5) is 18.9 Å². The molecule has 0 aliphatic carbocycles. The Morgan fingerprint density at radius 3 is 2.46 bits per heavy atom. The smallest absolute Gasteiger partial charge is 0.336 e. The Hall–Kier alpha value is -1.79. The van der Waals surface area contributed by atoms with Crippen molar-refractivity contribution in [1.82, 2.24) is 15.1 Å². The molecule has 152 valence electrons. The van der Waals surface area contributed by atoms with Crippen LogP contribution in [0.1, 0.15) is 12.5 Å². The second-order valence-electron chi connectivity index (χ2n) is 5.40. The first-order valence-electron chi connectivity index (χ1n) is 7.99. The van der Waals surface area contributed by atoms with Gasteiger partial charge in [0.2, 0.25) is 11.8 Å². The summed E-state index contributed by atoms with van der Waals surface area (Å²) in [5, 5.41) is 10.2. The Labute approximate surface area is 172 Å². The predicted octanol–water partition coefficient (Wildman–Crippen LogP) is 3.86. The molecular weight excluding hydrogens is 433 g/mol. The number of benzene rings is 1. The van der Waals surface area contributed by atoms with E-state index in [1.54, 1.807) is 11.8 Å². The van der Waals surface area contributed by atoms with Gasteiger partial charge in [-0.05, 0) is 17.9 Å². The third-order valence-corrected chi connectivity index (χ3v) is 6.34. The molecule has 6 nitrogen and oxygen atoms in total. The first-order valence-corrected chi connectivity index (χ1v) is 10.8. The zero-order chi connectivity index (χ0) is 20.7. The van der Waals surface area contributed by atoms with E-state index in [1.807, 2.05) is 6.92 Å². The Morgan fingerprint density at radius 2 is 1.82 bits per heavy atom. The number of amides is 2. The summed E-state index contributed by atoms with van der Waals surface area (Å²) in [7, 11) is 1.41. The van der Waals surface area contributed by atoms with E-state index in [1.165, 1.54) is 48.3 Å². The van der Waals surface area contributed by atoms with E-state index in [2.05, 4.69) is 15.5 Å². The number of hydrogen-bond donors (Lipinski definition) is 1. The van der Waals surface area contributed by atoms with Crippen molar-refractivity contribution in [3.05, 3.63) is 29.8 Å². The molecule has 2 amide bonds. The molecule has 0 saturated carbocycles. The Kier molecular flexibility index (Phi) is 8.13. The maximum Gasteiger partial charge on any atom is 0.418 e. The fourth-order valence-electron chi connectivity index (χ4n) is 2.00. The van der Waals surface area contributed by atoms with Gasteiger partial charge < -0.3 is 10.2 Å². The largest absolute Gasteiger partial charge is 0.418 e. The number of nitrogens with one attached hydrogen (secondary N) is 1. The molecule has 2 rings (SSSR count). The molecule has 0 aliphatic heterocycles. The van der Waals surface area contributed by atoms with E-state index in [9.17, 15) is 22.8 Å². The molecule has 0 saturated heterocycles. The highest BCUT2D eigenvalue weighted by Crippen LogP contribution is 2.34. The maximum absolute atomic E-state index is 13.0. The number of likely N-dealkylation sites (N-methyl/N-ethyl adjacent to an activating group) is 1. The van der Waals surface area contributed by atoms with Crippen molar-refractivity contribution >= 4 is 52.4 Å². The molecule has 1 aromatic heterocycles. The molecule has 1 aromatic carbocycles. The molecule has 12 heteroatoms. The summed E-state index contributed by atoms with van der Waals surface area (Å²) in [6, 6.07) is 4.68. The zero-order valence-electron chi connectivity index (χ0n) is 14.9. The van der Waals surface area contributed by atoms with Crippen LogP contribution in [-0.2, 0) is 15.8 Å². The minimum Gasteiger partial charge on any atom is -0.336 e. The van der Waals surface area contributed by atoms with Crippen molar-refractivity contribution in [2.45, 2.75) is 21.8 Å². The number of thioether (sulfide) groups is 2. The molecular formula is C16H17F3N4O2S3. The second kappa shape index (κ2) is 10.1. The van der Waals surface area contributed by atoms with Gasteiger partial charge >= 0.3 is 6.18 Å². The minimum atomic E-state index is -4.58. The zero-order valence-corrected chi connectivity index (χ0v) is 17.4. The van der Waals surface area contributed by atoms with Gasteiger partial charge in [-0.2, -0.15) is 13.2 Å². The van der Waals surface area contributed by atoms with E-state index < -0.39 is 17.6 Å². The lowest BCUT2D eigenvalue weighted by molar-refractivity contribution is -0.137. The molecule has 28 heavy (non-hydrogen) atoms. The van der Waals surface area contributed by atoms with Crippen LogP contribution in [0, 0.1) is 0 Å². The molecule has 1 heterocycles.